The number of hydrogen-bond acceptors (Lipinski definition) is 6. The van der Waals surface area contributed by atoms with Crippen molar-refractivity contribution in [3.63, 3.8) is 0 Å². The number of hydrogen-bond donors (Lipinski definition) is 0. The molecule has 1 aliphatic heterocycles. The van der Waals surface area contributed by atoms with Crippen LogP contribution in [0, 0.1) is 6.92 Å². The molecule has 2 aromatic carbocycles. The molecule has 7 heteroatoms. The predicted molar refractivity (Wildman–Crippen MR) is 116 cm³/mol. The Labute approximate surface area is 177 Å². The number of benzene rings is 2. The van der Waals surface area contributed by atoms with Gasteiger partial charge in [-0.1, -0.05) is 30.5 Å². The molecule has 0 atom stereocenters. The van der Waals surface area contributed by atoms with Gasteiger partial charge in [-0.3, -0.25) is 0 Å². The molecule has 158 valence electrons. The highest BCUT2D eigenvalue weighted by molar-refractivity contribution is 7.91. The molecule has 0 aliphatic carbocycles. The lowest BCUT2D eigenvalue weighted by Gasteiger charge is -2.20. The highest BCUT2D eigenvalue weighted by atomic mass is 32.2. The fourth-order valence-electron chi connectivity index (χ4n) is 3.71. The van der Waals surface area contributed by atoms with E-state index in [-0.39, 0.29) is 9.92 Å². The van der Waals surface area contributed by atoms with E-state index < -0.39 is 9.84 Å². The van der Waals surface area contributed by atoms with Crippen molar-refractivity contribution in [2.24, 2.45) is 0 Å². The van der Waals surface area contributed by atoms with Crippen LogP contribution in [0.1, 0.15) is 31.2 Å². The molecule has 0 radical (unpaired) electrons. The molecule has 4 rings (SSSR count). The molecule has 1 aromatic heterocycles. The number of rotatable bonds is 5. The lowest BCUT2D eigenvalue weighted by Crippen LogP contribution is -2.25. The molecule has 0 saturated carbocycles. The second kappa shape index (κ2) is 8.52. The van der Waals surface area contributed by atoms with Gasteiger partial charge in [0.25, 0.3) is 0 Å². The summed E-state index contributed by atoms with van der Waals surface area (Å²) in [6.07, 6.45) is 4.27. The Kier molecular flexibility index (Phi) is 5.81. The largest absolute Gasteiger partial charge is 0.497 e. The standard InChI is InChI=1S/C23H26N2O4S/c1-17-8-7-9-18(16-17)21-24-22(23(29-21)25-14-5-3-4-6-15-25)30(26,27)20-12-10-19(28-2)11-13-20/h7-13,16H,3-6,14-15H2,1-2H3. The summed E-state index contributed by atoms with van der Waals surface area (Å²) in [6, 6.07) is 14.1. The second-order valence-corrected chi connectivity index (χ2v) is 9.44. The Morgan fingerprint density at radius 2 is 1.70 bits per heavy atom. The highest BCUT2D eigenvalue weighted by Crippen LogP contribution is 2.36. The van der Waals surface area contributed by atoms with Crippen LogP contribution in [0.25, 0.3) is 11.5 Å². The Balaban J connectivity index is 1.83. The molecule has 3 aromatic rings. The van der Waals surface area contributed by atoms with Crippen LogP contribution in [0.15, 0.2) is 62.9 Å². The molecule has 0 spiro atoms. The lowest BCUT2D eigenvalue weighted by atomic mass is 10.1. The zero-order valence-corrected chi connectivity index (χ0v) is 18.1. The van der Waals surface area contributed by atoms with Gasteiger partial charge in [-0.05, 0) is 56.2 Å². The second-order valence-electron chi connectivity index (χ2n) is 7.58. The summed E-state index contributed by atoms with van der Waals surface area (Å²) in [4.78, 5) is 6.68. The van der Waals surface area contributed by atoms with Crippen LogP contribution in [-0.4, -0.2) is 33.6 Å². The Bertz CT molecular complexity index is 1110. The summed E-state index contributed by atoms with van der Waals surface area (Å²) >= 11 is 0. The lowest BCUT2D eigenvalue weighted by molar-refractivity contribution is 0.414. The quantitative estimate of drug-likeness (QED) is 0.579. The number of anilines is 1. The number of oxazole rings is 1. The van der Waals surface area contributed by atoms with Crippen LogP contribution in [0.3, 0.4) is 0 Å². The molecule has 0 bridgehead atoms. The summed E-state index contributed by atoms with van der Waals surface area (Å²) in [5.74, 6) is 1.26. The predicted octanol–water partition coefficient (Wildman–Crippen LogP) is 4.87. The topological polar surface area (TPSA) is 72.6 Å². The van der Waals surface area contributed by atoms with Gasteiger partial charge in [-0.25, -0.2) is 8.42 Å². The van der Waals surface area contributed by atoms with E-state index in [1.807, 2.05) is 36.1 Å². The number of nitrogens with zero attached hydrogens (tertiary/aromatic N) is 2. The Morgan fingerprint density at radius 3 is 2.33 bits per heavy atom. The minimum Gasteiger partial charge on any atom is -0.497 e. The third-order valence-corrected chi connectivity index (χ3v) is 7.03. The summed E-state index contributed by atoms with van der Waals surface area (Å²) in [5.41, 5.74) is 1.82. The molecule has 0 unspecified atom stereocenters. The average molecular weight is 427 g/mol. The molecular weight excluding hydrogens is 400 g/mol. The van der Waals surface area contributed by atoms with Crippen molar-refractivity contribution in [1.29, 1.82) is 0 Å². The Morgan fingerprint density at radius 1 is 1.00 bits per heavy atom. The van der Waals surface area contributed by atoms with E-state index in [0.717, 1.165) is 49.9 Å². The first-order chi connectivity index (χ1) is 14.5. The van der Waals surface area contributed by atoms with Crippen molar-refractivity contribution < 1.29 is 17.6 Å². The maximum Gasteiger partial charge on any atom is 0.236 e. The van der Waals surface area contributed by atoms with Crippen molar-refractivity contribution in [3.8, 4) is 17.2 Å². The summed E-state index contributed by atoms with van der Waals surface area (Å²) < 4.78 is 38.3. The van der Waals surface area contributed by atoms with Crippen molar-refractivity contribution in [2.45, 2.75) is 42.5 Å². The van der Waals surface area contributed by atoms with E-state index in [1.165, 1.54) is 0 Å². The molecule has 0 N–H and O–H groups in total. The van der Waals surface area contributed by atoms with Crippen molar-refractivity contribution in [1.82, 2.24) is 4.98 Å². The van der Waals surface area contributed by atoms with E-state index in [4.69, 9.17) is 9.15 Å². The minimum atomic E-state index is -3.86. The van der Waals surface area contributed by atoms with E-state index in [9.17, 15) is 8.42 Å². The summed E-state index contributed by atoms with van der Waals surface area (Å²) in [6.45, 7) is 3.50. The van der Waals surface area contributed by atoms with E-state index in [2.05, 4.69) is 4.98 Å². The van der Waals surface area contributed by atoms with Crippen molar-refractivity contribution >= 4 is 15.7 Å². The highest BCUT2D eigenvalue weighted by Gasteiger charge is 2.31. The normalized spacial score (nSPS) is 15.1. The van der Waals surface area contributed by atoms with E-state index in [1.54, 1.807) is 31.4 Å². The number of sulfone groups is 1. The number of methoxy groups -OCH3 is 1. The first kappa shape index (κ1) is 20.5. The van der Waals surface area contributed by atoms with E-state index >= 15 is 0 Å². The Hall–Kier alpha value is -2.80. The third-order valence-electron chi connectivity index (χ3n) is 5.36. The molecule has 2 heterocycles. The van der Waals surface area contributed by atoms with Crippen LogP contribution >= 0.6 is 0 Å². The smallest absolute Gasteiger partial charge is 0.236 e. The van der Waals surface area contributed by atoms with Gasteiger partial charge in [-0.2, -0.15) is 4.98 Å². The van der Waals surface area contributed by atoms with Gasteiger partial charge in [-0.15, -0.1) is 0 Å². The molecule has 1 aliphatic rings. The van der Waals surface area contributed by atoms with Crippen LogP contribution in [0.4, 0.5) is 5.88 Å². The maximum absolute atomic E-state index is 13.5. The number of ether oxygens (including phenoxy) is 1. The average Bonchev–Trinajstić information content (AvgIpc) is 3.04. The van der Waals surface area contributed by atoms with Crippen molar-refractivity contribution in [2.75, 3.05) is 25.1 Å². The van der Waals surface area contributed by atoms with Gasteiger partial charge in [0, 0.05) is 18.7 Å². The van der Waals surface area contributed by atoms with Crippen LogP contribution in [0.2, 0.25) is 0 Å². The van der Waals surface area contributed by atoms with Gasteiger partial charge in [0.2, 0.25) is 26.6 Å². The monoisotopic (exact) mass is 426 g/mol. The van der Waals surface area contributed by atoms with Gasteiger partial charge in [0.1, 0.15) is 5.75 Å². The van der Waals surface area contributed by atoms with Gasteiger partial charge in [0.05, 0.1) is 12.0 Å². The molecule has 1 saturated heterocycles. The summed E-state index contributed by atoms with van der Waals surface area (Å²) in [7, 11) is -2.31. The fourth-order valence-corrected chi connectivity index (χ4v) is 5.04. The SMILES string of the molecule is COc1ccc(S(=O)(=O)c2nc(-c3cccc(C)c3)oc2N2CCCCCC2)cc1. The molecule has 6 nitrogen and oxygen atoms in total. The van der Waals surface area contributed by atoms with Crippen LogP contribution < -0.4 is 9.64 Å². The summed E-state index contributed by atoms with van der Waals surface area (Å²) in [5, 5.41) is -0.0222. The van der Waals surface area contributed by atoms with Gasteiger partial charge in [0.15, 0.2) is 0 Å². The molecule has 1 fully saturated rings. The van der Waals surface area contributed by atoms with Gasteiger partial charge >= 0.3 is 0 Å². The third kappa shape index (κ3) is 4.07. The first-order valence-electron chi connectivity index (χ1n) is 10.2. The van der Waals surface area contributed by atoms with Crippen LogP contribution in [-0.2, 0) is 9.84 Å². The molecule has 30 heavy (non-hydrogen) atoms. The molecular formula is C23H26N2O4S. The number of aromatic nitrogens is 1. The maximum atomic E-state index is 13.5. The van der Waals surface area contributed by atoms with Crippen LogP contribution in [0.5, 0.6) is 5.75 Å². The fraction of sp³-hybridized carbons (Fsp3) is 0.348. The minimum absolute atomic E-state index is 0.0222. The van der Waals surface area contributed by atoms with Gasteiger partial charge < -0.3 is 14.1 Å². The first-order valence-corrected chi connectivity index (χ1v) is 11.7. The van der Waals surface area contributed by atoms with E-state index in [0.29, 0.717) is 17.5 Å². The molecule has 0 amide bonds. The number of aryl methyl sites for hydroxylation is 1. The van der Waals surface area contributed by atoms with Crippen molar-refractivity contribution in [3.05, 3.63) is 54.1 Å². The zero-order chi connectivity index (χ0) is 21.1. The zero-order valence-electron chi connectivity index (χ0n) is 17.3.